The van der Waals surface area contributed by atoms with Crippen molar-refractivity contribution in [2.75, 3.05) is 40.9 Å². The van der Waals surface area contributed by atoms with E-state index >= 15 is 0 Å². The number of allylic oxidation sites excluding steroid dienone is 7. The van der Waals surface area contributed by atoms with Crippen LogP contribution < -0.4 is 10.2 Å². The van der Waals surface area contributed by atoms with Gasteiger partial charge in [-0.3, -0.25) is 9.36 Å². The largest absolute Gasteiger partial charge is 0.756 e. The van der Waals surface area contributed by atoms with E-state index in [4.69, 9.17) is 9.05 Å². The Kier molecular flexibility index (Phi) is 42.6. The highest BCUT2D eigenvalue weighted by molar-refractivity contribution is 7.45. The van der Waals surface area contributed by atoms with Crippen molar-refractivity contribution in [3.63, 3.8) is 0 Å². The van der Waals surface area contributed by atoms with Crippen LogP contribution in [0.15, 0.2) is 48.6 Å². The van der Waals surface area contributed by atoms with Crippen molar-refractivity contribution in [1.29, 1.82) is 0 Å². The molecule has 0 radical (unpaired) electrons. The third-order valence-electron chi connectivity index (χ3n) is 11.2. The van der Waals surface area contributed by atoms with Crippen LogP contribution in [0.4, 0.5) is 0 Å². The fourth-order valence-electron chi connectivity index (χ4n) is 7.18. The first-order valence-electron chi connectivity index (χ1n) is 25.5. The van der Waals surface area contributed by atoms with Gasteiger partial charge in [-0.25, -0.2) is 0 Å². The minimum atomic E-state index is -4.61. The van der Waals surface area contributed by atoms with Gasteiger partial charge < -0.3 is 28.8 Å². The van der Waals surface area contributed by atoms with Crippen LogP contribution in [0.5, 0.6) is 0 Å². The van der Waals surface area contributed by atoms with E-state index < -0.39 is 26.6 Å². The number of hydrogen-bond acceptors (Lipinski definition) is 6. The van der Waals surface area contributed by atoms with Crippen molar-refractivity contribution in [3.05, 3.63) is 48.6 Å². The second-order valence-electron chi connectivity index (χ2n) is 18.5. The maximum atomic E-state index is 12.9. The second-order valence-corrected chi connectivity index (χ2v) is 19.9. The zero-order valence-corrected chi connectivity index (χ0v) is 41.5. The molecular weight excluding hydrogens is 780 g/mol. The smallest absolute Gasteiger partial charge is 0.268 e. The fraction of sp³-hybridized carbons (Fsp3) is 0.827. The van der Waals surface area contributed by atoms with Crippen LogP contribution in [0, 0.1) is 0 Å². The number of amides is 1. The average Bonchev–Trinajstić information content (AvgIpc) is 3.21. The Morgan fingerprint density at radius 2 is 0.918 bits per heavy atom. The molecule has 358 valence electrons. The zero-order valence-electron chi connectivity index (χ0n) is 40.6. The minimum absolute atomic E-state index is 0.0105. The zero-order chi connectivity index (χ0) is 45.0. The summed E-state index contributed by atoms with van der Waals surface area (Å²) in [7, 11) is 1.23. The van der Waals surface area contributed by atoms with Crippen molar-refractivity contribution in [2.45, 2.75) is 238 Å². The van der Waals surface area contributed by atoms with Crippen molar-refractivity contribution in [2.24, 2.45) is 0 Å². The summed E-state index contributed by atoms with van der Waals surface area (Å²) in [4.78, 5) is 25.4. The second kappa shape index (κ2) is 43.7. The number of quaternary nitrogens is 1. The van der Waals surface area contributed by atoms with Crippen molar-refractivity contribution >= 4 is 13.7 Å². The Balaban J connectivity index is 4.40. The molecule has 0 fully saturated rings. The number of unbranched alkanes of at least 4 members (excludes halogenated alkanes) is 27. The molecule has 2 N–H and O–H groups in total. The number of aliphatic hydroxyl groups excluding tert-OH is 1. The summed E-state index contributed by atoms with van der Waals surface area (Å²) >= 11 is 0. The van der Waals surface area contributed by atoms with Gasteiger partial charge >= 0.3 is 0 Å². The molecule has 0 saturated carbocycles. The Morgan fingerprint density at radius 3 is 1.33 bits per heavy atom. The van der Waals surface area contributed by atoms with Gasteiger partial charge in [0.2, 0.25) is 5.91 Å². The van der Waals surface area contributed by atoms with E-state index in [9.17, 15) is 19.4 Å². The molecule has 0 rings (SSSR count). The highest BCUT2D eigenvalue weighted by Crippen LogP contribution is 2.38. The van der Waals surface area contributed by atoms with E-state index in [2.05, 4.69) is 55.6 Å². The number of carbonyl (C=O) groups is 1. The predicted octanol–water partition coefficient (Wildman–Crippen LogP) is 14.2. The number of carbonyl (C=O) groups excluding carboxylic acids is 1. The Bertz CT molecular complexity index is 1130. The highest BCUT2D eigenvalue weighted by atomic mass is 31.2. The highest BCUT2D eigenvalue weighted by Gasteiger charge is 2.23. The lowest BCUT2D eigenvalue weighted by molar-refractivity contribution is -0.870. The number of rotatable bonds is 46. The molecule has 0 heterocycles. The summed E-state index contributed by atoms with van der Waals surface area (Å²) in [6.45, 7) is 4.62. The fourth-order valence-corrected chi connectivity index (χ4v) is 7.90. The van der Waals surface area contributed by atoms with E-state index in [1.165, 1.54) is 161 Å². The molecule has 3 atom stereocenters. The lowest BCUT2D eigenvalue weighted by Crippen LogP contribution is -2.45. The van der Waals surface area contributed by atoms with E-state index in [0.717, 1.165) is 44.9 Å². The van der Waals surface area contributed by atoms with Crippen LogP contribution in [0.25, 0.3) is 0 Å². The first-order valence-corrected chi connectivity index (χ1v) is 27.0. The quantitative estimate of drug-likeness (QED) is 0.0273. The molecule has 0 aliphatic heterocycles. The summed E-state index contributed by atoms with van der Waals surface area (Å²) in [6, 6.07) is -0.912. The monoisotopic (exact) mass is 879 g/mol. The van der Waals surface area contributed by atoms with Crippen LogP contribution in [-0.2, 0) is 18.4 Å². The van der Waals surface area contributed by atoms with Crippen molar-refractivity contribution < 1.29 is 32.9 Å². The predicted molar refractivity (Wildman–Crippen MR) is 261 cm³/mol. The first kappa shape index (κ1) is 59.5. The van der Waals surface area contributed by atoms with Gasteiger partial charge in [-0.15, -0.1) is 0 Å². The van der Waals surface area contributed by atoms with Gasteiger partial charge in [0.25, 0.3) is 7.82 Å². The molecule has 0 aliphatic carbocycles. The summed E-state index contributed by atoms with van der Waals surface area (Å²) in [5, 5.41) is 13.8. The molecular formula is C52H99N2O6P. The number of aliphatic hydroxyl groups is 1. The van der Waals surface area contributed by atoms with Gasteiger partial charge in [0.1, 0.15) is 13.2 Å². The maximum Gasteiger partial charge on any atom is 0.268 e. The van der Waals surface area contributed by atoms with Crippen LogP contribution in [0.3, 0.4) is 0 Å². The minimum Gasteiger partial charge on any atom is -0.756 e. The standard InChI is InChI=1S/C52H99N2O6P/c1-6-8-10-12-14-16-18-20-22-24-26-28-30-32-34-36-38-40-42-44-46-52(56)53-50(49-60-61(57,58)59-48-47-54(3,4)5)51(55)45-43-41-39-37-35-33-31-29-27-25-23-21-19-17-15-13-11-9-7-2/h26-29,35,37,43,45,50-51,55H,6-25,30-34,36,38-42,44,46-49H2,1-5H3,(H-,53,56,57,58)/b28-26-,29-27+,37-35+,45-43+. The number of phosphoric acid groups is 1. The number of nitrogens with zero attached hydrogens (tertiary/aromatic N) is 1. The van der Waals surface area contributed by atoms with Crippen LogP contribution in [-0.4, -0.2) is 68.5 Å². The Labute approximate surface area is 378 Å². The molecule has 0 aromatic carbocycles. The van der Waals surface area contributed by atoms with Crippen molar-refractivity contribution in [3.8, 4) is 0 Å². The number of nitrogens with one attached hydrogen (secondary N) is 1. The van der Waals surface area contributed by atoms with E-state index in [1.807, 2.05) is 27.2 Å². The van der Waals surface area contributed by atoms with Gasteiger partial charge in [0.15, 0.2) is 0 Å². The maximum absolute atomic E-state index is 12.9. The number of hydrogen-bond donors (Lipinski definition) is 2. The van der Waals surface area contributed by atoms with Crippen LogP contribution in [0.2, 0.25) is 0 Å². The third kappa shape index (κ3) is 46.3. The molecule has 61 heavy (non-hydrogen) atoms. The molecule has 0 spiro atoms. The van der Waals surface area contributed by atoms with E-state index in [0.29, 0.717) is 17.4 Å². The normalized spacial score (nSPS) is 14.5. The molecule has 0 aromatic rings. The Morgan fingerprint density at radius 1 is 0.557 bits per heavy atom. The number of likely N-dealkylation sites (N-methyl/N-ethyl adjacent to an activating group) is 1. The van der Waals surface area contributed by atoms with E-state index in [1.54, 1.807) is 6.08 Å². The van der Waals surface area contributed by atoms with Gasteiger partial charge in [-0.1, -0.05) is 197 Å². The molecule has 1 amide bonds. The summed E-state index contributed by atoms with van der Waals surface area (Å²) < 4.78 is 23.2. The lowest BCUT2D eigenvalue weighted by atomic mass is 10.1. The average molecular weight is 879 g/mol. The molecule has 8 nitrogen and oxygen atoms in total. The summed E-state index contributed by atoms with van der Waals surface area (Å²) in [5.74, 6) is -0.216. The third-order valence-corrected chi connectivity index (χ3v) is 12.2. The Hall–Kier alpha value is -1.54. The number of phosphoric ester groups is 1. The van der Waals surface area contributed by atoms with Gasteiger partial charge in [0, 0.05) is 6.42 Å². The van der Waals surface area contributed by atoms with Gasteiger partial charge in [-0.05, 0) is 70.6 Å². The topological polar surface area (TPSA) is 108 Å². The van der Waals surface area contributed by atoms with Gasteiger partial charge in [-0.2, -0.15) is 0 Å². The molecule has 0 bridgehead atoms. The SMILES string of the molecule is CCCCCCCCCCC/C=C\CCCCCCCCCC(=O)NC(COP(=O)([O-])OCC[N+](C)(C)C)C(O)/C=C/CC/C=C/CC/C=C/CCCCCCCCCCC. The van der Waals surface area contributed by atoms with Crippen molar-refractivity contribution in [1.82, 2.24) is 5.32 Å². The lowest BCUT2D eigenvalue weighted by Gasteiger charge is -2.29. The van der Waals surface area contributed by atoms with Gasteiger partial charge in [0.05, 0.1) is 39.9 Å². The summed E-state index contributed by atoms with van der Waals surface area (Å²) in [5.41, 5.74) is 0. The van der Waals surface area contributed by atoms with E-state index in [-0.39, 0.29) is 12.5 Å². The molecule has 0 aliphatic rings. The van der Waals surface area contributed by atoms with Crippen LogP contribution >= 0.6 is 7.82 Å². The summed E-state index contributed by atoms with van der Waals surface area (Å²) in [6.07, 6.45) is 56.0. The molecule has 0 saturated heterocycles. The first-order chi connectivity index (χ1) is 29.5. The molecule has 3 unspecified atom stereocenters. The van der Waals surface area contributed by atoms with Crippen LogP contribution in [0.1, 0.15) is 226 Å². The molecule has 9 heteroatoms. The molecule has 0 aromatic heterocycles.